The second-order valence-corrected chi connectivity index (χ2v) is 3.01. The predicted molar refractivity (Wildman–Crippen MR) is 53.2 cm³/mol. The molecule has 0 spiro atoms. The number of hydrogen-bond acceptors (Lipinski definition) is 5. The second kappa shape index (κ2) is 4.48. The molecule has 2 rings (SSSR count). The Hall–Kier alpha value is -1.30. The van der Waals surface area contributed by atoms with Crippen LogP contribution in [0.15, 0.2) is 29.4 Å². The third kappa shape index (κ3) is 2.82. The van der Waals surface area contributed by atoms with Gasteiger partial charge in [-0.1, -0.05) is 6.07 Å². The summed E-state index contributed by atoms with van der Waals surface area (Å²) in [7, 11) is 0. The first-order chi connectivity index (χ1) is 7.35. The lowest BCUT2D eigenvalue weighted by Gasteiger charge is -2.02. The van der Waals surface area contributed by atoms with Crippen LogP contribution in [0.3, 0.4) is 0 Å². The minimum absolute atomic E-state index is 0.317. The molecule has 0 N–H and O–H groups in total. The van der Waals surface area contributed by atoms with Crippen LogP contribution in [0.25, 0.3) is 0 Å². The molecular formula is C10H12N2O3. The molecule has 0 unspecified atom stereocenters. The highest BCUT2D eigenvalue weighted by Crippen LogP contribution is 2.30. The lowest BCUT2D eigenvalue weighted by Crippen LogP contribution is -2.19. The maximum atomic E-state index is 5.20. The predicted octanol–water partition coefficient (Wildman–Crippen LogP) is 1.15. The summed E-state index contributed by atoms with van der Waals surface area (Å²) in [4.78, 5) is 17.7. The maximum absolute atomic E-state index is 5.20. The normalized spacial score (nSPS) is 18.2. The van der Waals surface area contributed by atoms with E-state index in [1.807, 2.05) is 25.1 Å². The van der Waals surface area contributed by atoms with E-state index in [0.29, 0.717) is 13.2 Å². The number of nitrogens with zero attached hydrogens (tertiary/aromatic N) is 2. The van der Waals surface area contributed by atoms with Crippen molar-refractivity contribution in [2.24, 2.45) is 4.99 Å². The van der Waals surface area contributed by atoms with Gasteiger partial charge in [0.2, 0.25) is 0 Å². The summed E-state index contributed by atoms with van der Waals surface area (Å²) in [5, 5.41) is 0. The molecule has 0 radical (unpaired) electrons. The zero-order valence-corrected chi connectivity index (χ0v) is 8.42. The van der Waals surface area contributed by atoms with Gasteiger partial charge in [0.15, 0.2) is 0 Å². The Kier molecular flexibility index (Phi) is 3.05. The lowest BCUT2D eigenvalue weighted by atomic mass is 10.4. The van der Waals surface area contributed by atoms with Gasteiger partial charge in [-0.25, -0.2) is 0 Å². The van der Waals surface area contributed by atoms with Crippen molar-refractivity contribution in [2.75, 3.05) is 13.2 Å². The van der Waals surface area contributed by atoms with Crippen molar-refractivity contribution in [1.82, 2.24) is 4.98 Å². The summed E-state index contributed by atoms with van der Waals surface area (Å²) < 4.78 is 5.20. The first kappa shape index (κ1) is 10.2. The quantitative estimate of drug-likeness (QED) is 0.414. The molecule has 0 bridgehead atoms. The van der Waals surface area contributed by atoms with Crippen LogP contribution in [0.2, 0.25) is 0 Å². The molecule has 2 heterocycles. The highest BCUT2D eigenvalue weighted by atomic mass is 17.4. The van der Waals surface area contributed by atoms with Gasteiger partial charge in [0.1, 0.15) is 6.54 Å². The minimum Gasteiger partial charge on any atom is -0.323 e. The van der Waals surface area contributed by atoms with Crippen molar-refractivity contribution in [1.29, 1.82) is 0 Å². The fourth-order valence-corrected chi connectivity index (χ4v) is 1.12. The Morgan fingerprint density at radius 1 is 1.53 bits per heavy atom. The van der Waals surface area contributed by atoms with Crippen LogP contribution in [-0.4, -0.2) is 30.3 Å². The Morgan fingerprint density at radius 2 is 2.40 bits per heavy atom. The van der Waals surface area contributed by atoms with Gasteiger partial charge in [0, 0.05) is 19.0 Å². The largest absolute Gasteiger partial charge is 0.359 e. The number of pyridine rings is 1. The maximum Gasteiger partial charge on any atom is 0.359 e. The first-order valence-corrected chi connectivity index (χ1v) is 4.76. The molecule has 1 aliphatic rings. The minimum atomic E-state index is -0.944. The summed E-state index contributed by atoms with van der Waals surface area (Å²) in [6.45, 7) is 2.71. The summed E-state index contributed by atoms with van der Waals surface area (Å²) >= 11 is 0. The summed E-state index contributed by atoms with van der Waals surface area (Å²) in [5.41, 5.74) is 0.796. The average molecular weight is 208 g/mol. The van der Waals surface area contributed by atoms with E-state index in [0.717, 1.165) is 5.69 Å². The van der Waals surface area contributed by atoms with Crippen LogP contribution in [0.5, 0.6) is 0 Å². The fraction of sp³-hybridized carbons (Fsp3) is 0.400. The molecule has 15 heavy (non-hydrogen) atoms. The zero-order valence-electron chi connectivity index (χ0n) is 8.42. The van der Waals surface area contributed by atoms with Crippen LogP contribution < -0.4 is 0 Å². The SMILES string of the molecule is CCOC1(CN=Cc2ccccn2)OO1. The van der Waals surface area contributed by atoms with Crippen LogP contribution in [0, 0.1) is 0 Å². The van der Waals surface area contributed by atoms with Gasteiger partial charge in [-0.15, -0.1) is 0 Å². The molecule has 0 aliphatic carbocycles. The van der Waals surface area contributed by atoms with Crippen LogP contribution in [0.1, 0.15) is 12.6 Å². The Labute approximate surface area is 87.6 Å². The highest BCUT2D eigenvalue weighted by Gasteiger charge is 2.50. The van der Waals surface area contributed by atoms with E-state index in [1.165, 1.54) is 0 Å². The van der Waals surface area contributed by atoms with E-state index in [4.69, 9.17) is 14.5 Å². The second-order valence-electron chi connectivity index (χ2n) is 3.01. The summed E-state index contributed by atoms with van der Waals surface area (Å²) in [6, 6.07) is 5.62. The van der Waals surface area contributed by atoms with Crippen LogP contribution in [0.4, 0.5) is 0 Å². The standard InChI is InChI=1S/C10H12N2O3/c1-2-13-10(14-15-10)8-11-7-9-5-3-4-6-12-9/h3-7H,2,8H2,1H3. The molecule has 1 aromatic rings. The molecule has 1 aliphatic heterocycles. The zero-order chi connectivity index (χ0) is 10.6. The molecule has 0 aromatic carbocycles. The van der Waals surface area contributed by atoms with Gasteiger partial charge in [0.05, 0.1) is 5.69 Å². The van der Waals surface area contributed by atoms with E-state index >= 15 is 0 Å². The molecule has 1 saturated heterocycles. The van der Waals surface area contributed by atoms with E-state index in [1.54, 1.807) is 12.4 Å². The van der Waals surface area contributed by atoms with Crippen LogP contribution in [-0.2, 0) is 14.5 Å². The lowest BCUT2D eigenvalue weighted by molar-refractivity contribution is -0.0398. The topological polar surface area (TPSA) is 59.5 Å². The van der Waals surface area contributed by atoms with Crippen molar-refractivity contribution >= 4 is 6.21 Å². The monoisotopic (exact) mass is 208 g/mol. The molecule has 0 saturated carbocycles. The molecule has 5 heteroatoms. The molecule has 0 amide bonds. The molecular weight excluding hydrogens is 196 g/mol. The van der Waals surface area contributed by atoms with Gasteiger partial charge in [-0.05, 0) is 19.1 Å². The highest BCUT2D eigenvalue weighted by molar-refractivity contribution is 5.76. The van der Waals surface area contributed by atoms with Crippen molar-refractivity contribution in [2.45, 2.75) is 12.9 Å². The van der Waals surface area contributed by atoms with Crippen LogP contribution >= 0.6 is 0 Å². The van der Waals surface area contributed by atoms with Gasteiger partial charge in [-0.3, -0.25) is 9.98 Å². The molecule has 5 nitrogen and oxygen atoms in total. The Balaban J connectivity index is 1.86. The van der Waals surface area contributed by atoms with Crippen molar-refractivity contribution in [3.05, 3.63) is 30.1 Å². The average Bonchev–Trinajstić information content (AvgIpc) is 3.00. The Bertz CT molecular complexity index is 336. The number of aromatic nitrogens is 1. The van der Waals surface area contributed by atoms with E-state index in [2.05, 4.69) is 9.98 Å². The van der Waals surface area contributed by atoms with E-state index in [-0.39, 0.29) is 0 Å². The van der Waals surface area contributed by atoms with Gasteiger partial charge < -0.3 is 4.74 Å². The van der Waals surface area contributed by atoms with Crippen molar-refractivity contribution in [3.63, 3.8) is 0 Å². The summed E-state index contributed by atoms with van der Waals surface area (Å²) in [6.07, 6.45) is 3.37. The fourth-order valence-electron chi connectivity index (χ4n) is 1.12. The van der Waals surface area contributed by atoms with Crippen molar-refractivity contribution < 1.29 is 14.5 Å². The number of hydrogen-bond donors (Lipinski definition) is 0. The first-order valence-electron chi connectivity index (χ1n) is 4.76. The van der Waals surface area contributed by atoms with E-state index < -0.39 is 5.97 Å². The summed E-state index contributed by atoms with van der Waals surface area (Å²) in [5.74, 6) is -0.944. The Morgan fingerprint density at radius 3 is 3.00 bits per heavy atom. The van der Waals surface area contributed by atoms with Crippen molar-refractivity contribution in [3.8, 4) is 0 Å². The van der Waals surface area contributed by atoms with E-state index in [9.17, 15) is 0 Å². The smallest absolute Gasteiger partial charge is 0.323 e. The van der Waals surface area contributed by atoms with Gasteiger partial charge in [0.25, 0.3) is 0 Å². The third-order valence-electron chi connectivity index (χ3n) is 1.83. The third-order valence-corrected chi connectivity index (χ3v) is 1.83. The molecule has 1 fully saturated rings. The number of rotatable bonds is 5. The number of aliphatic imine (C=N–C) groups is 1. The van der Waals surface area contributed by atoms with Gasteiger partial charge in [-0.2, -0.15) is 9.78 Å². The molecule has 1 aromatic heterocycles. The number of ether oxygens (including phenoxy) is 1. The molecule has 0 atom stereocenters. The van der Waals surface area contributed by atoms with Gasteiger partial charge >= 0.3 is 5.97 Å². The molecule has 80 valence electrons.